The summed E-state index contributed by atoms with van der Waals surface area (Å²) in [5.41, 5.74) is 3.84. The molecule has 0 unspecified atom stereocenters. The number of aliphatic hydroxyl groups is 3. The Labute approximate surface area is 269 Å². The molecule has 0 aliphatic heterocycles. The molecule has 2 saturated carbocycles. The van der Waals surface area contributed by atoms with Crippen LogP contribution >= 0.6 is 0 Å². The van der Waals surface area contributed by atoms with E-state index in [9.17, 15) is 20.1 Å². The Morgan fingerprint density at radius 3 is 2.15 bits per heavy atom. The lowest BCUT2D eigenvalue weighted by Crippen LogP contribution is -2.41. The number of aliphatic hydroxyl groups excluding tert-OH is 3. The highest BCUT2D eigenvalue weighted by Gasteiger charge is 2.75. The summed E-state index contributed by atoms with van der Waals surface area (Å²) in [5, 5.41) is 35.9. The molecule has 2 heterocycles. The number of carbonyl (C=O) groups is 1. The van der Waals surface area contributed by atoms with Crippen molar-refractivity contribution in [2.24, 2.45) is 11.3 Å². The predicted molar refractivity (Wildman–Crippen MR) is 178 cm³/mol. The zero-order chi connectivity index (χ0) is 33.2. The molecule has 2 aromatic heterocycles. The molecule has 4 aromatic rings. The monoisotopic (exact) mass is 619 g/mol. The minimum absolute atomic E-state index is 0.00355. The largest absolute Gasteiger partial charge is 0.507 e. The molecule has 0 radical (unpaired) electrons. The highest BCUT2D eigenvalue weighted by Crippen LogP contribution is 2.67. The Kier molecular flexibility index (Phi) is 7.57. The number of aromatic nitrogens is 4. The van der Waals surface area contributed by atoms with Gasteiger partial charge in [-0.2, -0.15) is 0 Å². The van der Waals surface area contributed by atoms with Gasteiger partial charge >= 0.3 is 0 Å². The van der Waals surface area contributed by atoms with Gasteiger partial charge in [-0.05, 0) is 46.4 Å². The second kappa shape index (κ2) is 11.1. The third-order valence-electron chi connectivity index (χ3n) is 9.48. The average Bonchev–Trinajstić information content (AvgIpc) is 3.55. The first kappa shape index (κ1) is 31.5. The van der Waals surface area contributed by atoms with Crippen LogP contribution in [0.15, 0.2) is 54.9 Å². The van der Waals surface area contributed by atoms with Crippen molar-refractivity contribution in [1.29, 1.82) is 0 Å². The maximum atomic E-state index is 12.8. The van der Waals surface area contributed by atoms with Crippen LogP contribution in [-0.4, -0.2) is 60.0 Å². The normalized spacial score (nSPS) is 24.3. The fourth-order valence-electron chi connectivity index (χ4n) is 6.64. The zero-order valence-corrected chi connectivity index (χ0v) is 27.3. The molecule has 2 aromatic carbocycles. The lowest BCUT2D eigenvalue weighted by atomic mass is 9.86. The number of amides is 1. The van der Waals surface area contributed by atoms with Crippen LogP contribution in [0.5, 0.6) is 0 Å². The third kappa shape index (κ3) is 5.36. The number of nitrogens with one attached hydrogen (secondary N) is 1. The van der Waals surface area contributed by atoms with E-state index in [1.54, 1.807) is 17.0 Å². The second-order valence-corrected chi connectivity index (χ2v) is 14.5. The van der Waals surface area contributed by atoms with Gasteiger partial charge in [0.15, 0.2) is 5.65 Å². The van der Waals surface area contributed by atoms with Crippen LogP contribution < -0.4 is 5.32 Å². The minimum Gasteiger partial charge on any atom is -0.507 e. The van der Waals surface area contributed by atoms with Crippen LogP contribution in [0.25, 0.3) is 23.0 Å². The SMILES string of the molecule is CNC(=O)[C@@]12C[C@@H]1[C@@H](n1cnc3c(/C=C(\O)c4ccc(C(C)(C)C)cc4)nc(C#Cc4ccc(C(C)(C)C)cc4)nc31)[C@H](O)[C@@H]2O. The Morgan fingerprint density at radius 1 is 0.957 bits per heavy atom. The summed E-state index contributed by atoms with van der Waals surface area (Å²) in [6.45, 7) is 12.9. The summed E-state index contributed by atoms with van der Waals surface area (Å²) < 4.78 is 1.71. The first-order chi connectivity index (χ1) is 21.6. The second-order valence-electron chi connectivity index (χ2n) is 14.5. The van der Waals surface area contributed by atoms with Gasteiger partial charge in [0.2, 0.25) is 11.7 Å². The van der Waals surface area contributed by atoms with Gasteiger partial charge in [0.05, 0.1) is 29.6 Å². The lowest BCUT2D eigenvalue weighted by molar-refractivity contribution is -0.132. The number of nitrogens with zero attached hydrogens (tertiary/aromatic N) is 4. The van der Waals surface area contributed by atoms with Gasteiger partial charge in [-0.1, -0.05) is 83.9 Å². The van der Waals surface area contributed by atoms with E-state index in [-0.39, 0.29) is 34.2 Å². The number of carbonyl (C=O) groups excluding carboxylic acids is 1. The van der Waals surface area contributed by atoms with Crippen molar-refractivity contribution in [2.45, 2.75) is 77.0 Å². The molecule has 9 nitrogen and oxygen atoms in total. The standard InChI is InChI=1S/C37H41N5O4/c1-35(2,3)23-13-8-21(9-14-23)10-17-28-40-26(18-27(43)22-11-15-24(16-12-22)36(4,5)6)29-33(41-28)42(20-39-29)30-25-19-37(25,34(46)38-7)32(45)31(30)44/h8-9,11-16,18,20,25,30-32,43-45H,19H2,1-7H3,(H,38,46)/b27-18-/t25-,30-,31+,32+,37+/m1/s1. The summed E-state index contributed by atoms with van der Waals surface area (Å²) in [6.07, 6.45) is 1.11. The highest BCUT2D eigenvalue weighted by atomic mass is 16.3. The molecule has 1 amide bonds. The van der Waals surface area contributed by atoms with Crippen molar-refractivity contribution >= 4 is 28.9 Å². The molecular formula is C37H41N5O4. The van der Waals surface area contributed by atoms with Crippen LogP contribution in [0.3, 0.4) is 0 Å². The van der Waals surface area contributed by atoms with E-state index in [2.05, 4.69) is 80.8 Å². The third-order valence-corrected chi connectivity index (χ3v) is 9.48. The number of hydrogen-bond donors (Lipinski definition) is 4. The van der Waals surface area contributed by atoms with E-state index in [0.29, 0.717) is 28.8 Å². The van der Waals surface area contributed by atoms with Gasteiger partial charge in [0, 0.05) is 30.2 Å². The molecule has 0 saturated heterocycles. The van der Waals surface area contributed by atoms with Crippen LogP contribution in [0, 0.1) is 23.2 Å². The van der Waals surface area contributed by atoms with Gasteiger partial charge in [-0.3, -0.25) is 4.79 Å². The molecule has 2 aliphatic carbocycles. The molecule has 0 bridgehead atoms. The Bertz CT molecular complexity index is 1900. The van der Waals surface area contributed by atoms with Crippen LogP contribution in [0.2, 0.25) is 0 Å². The highest BCUT2D eigenvalue weighted by molar-refractivity contribution is 5.89. The molecule has 9 heteroatoms. The van der Waals surface area contributed by atoms with Gasteiger partial charge in [0.1, 0.15) is 17.4 Å². The van der Waals surface area contributed by atoms with Crippen LogP contribution in [0.1, 0.15) is 87.8 Å². The van der Waals surface area contributed by atoms with Gasteiger partial charge in [0.25, 0.3) is 0 Å². The van der Waals surface area contributed by atoms with E-state index in [1.807, 2.05) is 36.4 Å². The maximum absolute atomic E-state index is 12.8. The number of benzene rings is 2. The minimum atomic E-state index is -1.23. The van der Waals surface area contributed by atoms with Crippen molar-refractivity contribution in [1.82, 2.24) is 24.8 Å². The quantitative estimate of drug-likeness (QED) is 0.189. The van der Waals surface area contributed by atoms with Crippen LogP contribution in [-0.2, 0) is 15.6 Å². The van der Waals surface area contributed by atoms with Gasteiger partial charge in [-0.15, -0.1) is 0 Å². The first-order valence-corrected chi connectivity index (χ1v) is 15.6. The van der Waals surface area contributed by atoms with Crippen molar-refractivity contribution < 1.29 is 20.1 Å². The summed E-state index contributed by atoms with van der Waals surface area (Å²) >= 11 is 0. The Balaban J connectivity index is 1.44. The topological polar surface area (TPSA) is 133 Å². The van der Waals surface area contributed by atoms with Crippen molar-refractivity contribution in [3.8, 4) is 11.8 Å². The van der Waals surface area contributed by atoms with Crippen molar-refractivity contribution in [2.75, 3.05) is 7.05 Å². The fraction of sp³-hybridized carbons (Fsp3) is 0.405. The van der Waals surface area contributed by atoms with Crippen LogP contribution in [0.4, 0.5) is 0 Å². The molecule has 0 spiro atoms. The van der Waals surface area contributed by atoms with Gasteiger partial charge in [-0.25, -0.2) is 15.0 Å². The lowest BCUT2D eigenvalue weighted by Gasteiger charge is -2.23. The average molecular weight is 620 g/mol. The Morgan fingerprint density at radius 2 is 1.57 bits per heavy atom. The molecule has 2 aliphatic rings. The zero-order valence-electron chi connectivity index (χ0n) is 27.3. The first-order valence-electron chi connectivity index (χ1n) is 15.6. The molecule has 46 heavy (non-hydrogen) atoms. The fourth-order valence-corrected chi connectivity index (χ4v) is 6.64. The number of hydrogen-bond acceptors (Lipinski definition) is 7. The van der Waals surface area contributed by atoms with E-state index >= 15 is 0 Å². The van der Waals surface area contributed by atoms with Crippen molar-refractivity contribution in [3.63, 3.8) is 0 Å². The molecule has 5 atom stereocenters. The van der Waals surface area contributed by atoms with E-state index in [4.69, 9.17) is 4.98 Å². The molecule has 2 fully saturated rings. The van der Waals surface area contributed by atoms with Gasteiger partial charge < -0.3 is 25.2 Å². The number of rotatable bonds is 4. The molecular weight excluding hydrogens is 578 g/mol. The molecule has 4 N–H and O–H groups in total. The molecule has 6 rings (SSSR count). The Hall–Kier alpha value is -4.52. The van der Waals surface area contributed by atoms with E-state index in [0.717, 1.165) is 11.1 Å². The summed E-state index contributed by atoms with van der Waals surface area (Å²) in [4.78, 5) is 26.8. The summed E-state index contributed by atoms with van der Waals surface area (Å²) in [5.74, 6) is 5.84. The number of imidazole rings is 1. The number of fused-ring (bicyclic) bond motifs is 2. The molecule has 238 valence electrons. The maximum Gasteiger partial charge on any atom is 0.229 e. The van der Waals surface area contributed by atoms with Crippen molar-refractivity contribution in [3.05, 3.63) is 88.6 Å². The smallest absolute Gasteiger partial charge is 0.229 e. The van der Waals surface area contributed by atoms with E-state index in [1.165, 1.54) is 12.6 Å². The summed E-state index contributed by atoms with van der Waals surface area (Å²) in [7, 11) is 1.53. The summed E-state index contributed by atoms with van der Waals surface area (Å²) in [6, 6.07) is 15.1. The van der Waals surface area contributed by atoms with E-state index < -0.39 is 23.7 Å². The predicted octanol–water partition coefficient (Wildman–Crippen LogP) is 4.91.